The minimum absolute atomic E-state index is 0.198. The zero-order chi connectivity index (χ0) is 13.7. The lowest BCUT2D eigenvalue weighted by Crippen LogP contribution is -2.72. The smallest absolute Gasteiger partial charge is 0.268 e. The second kappa shape index (κ2) is 3.91. The molecule has 0 spiro atoms. The fraction of sp³-hybridized carbons (Fsp3) is 1.00. The van der Waals surface area contributed by atoms with Crippen LogP contribution in [0.1, 0.15) is 47.5 Å². The minimum atomic E-state index is -4.72. The van der Waals surface area contributed by atoms with Gasteiger partial charge >= 0.3 is 0 Å². The van der Waals surface area contributed by atoms with Crippen LogP contribution in [0.3, 0.4) is 0 Å². The molecule has 0 unspecified atom stereocenters. The van der Waals surface area contributed by atoms with E-state index in [1.54, 1.807) is 7.05 Å². The van der Waals surface area contributed by atoms with Gasteiger partial charge in [0.2, 0.25) is 0 Å². The Labute approximate surface area is 104 Å². The number of hydrogen-bond donors (Lipinski definition) is 0. The minimum Gasteiger partial charge on any atom is -0.722 e. The number of rotatable bonds is 2. The molecule has 102 valence electrons. The molecule has 1 heterocycles. The Bertz CT molecular complexity index is 382. The van der Waals surface area contributed by atoms with Crippen molar-refractivity contribution in [3.63, 3.8) is 0 Å². The predicted octanol–water partition coefficient (Wildman–Crippen LogP) is 1.81. The highest BCUT2D eigenvalue weighted by molar-refractivity contribution is 7.80. The third-order valence-corrected chi connectivity index (χ3v) is 4.73. The summed E-state index contributed by atoms with van der Waals surface area (Å²) in [6.07, 6.45) is 1.64. The van der Waals surface area contributed by atoms with Crippen LogP contribution in [0.5, 0.6) is 0 Å². The average molecular weight is 265 g/mol. The van der Waals surface area contributed by atoms with Gasteiger partial charge in [-0.15, -0.1) is 0 Å². The van der Waals surface area contributed by atoms with E-state index in [0.29, 0.717) is 5.92 Å². The molecule has 0 aromatic carbocycles. The fourth-order valence-corrected chi connectivity index (χ4v) is 4.10. The molecule has 5 nitrogen and oxygen atoms in total. The summed E-state index contributed by atoms with van der Waals surface area (Å²) in [6, 6.07) is 0. The molecule has 1 aliphatic heterocycles. The van der Waals surface area contributed by atoms with E-state index in [9.17, 15) is 13.0 Å². The summed E-state index contributed by atoms with van der Waals surface area (Å²) in [5.41, 5.74) is -0.836. The molecule has 0 bridgehead atoms. The van der Waals surface area contributed by atoms with Crippen molar-refractivity contribution in [2.24, 2.45) is 5.92 Å². The van der Waals surface area contributed by atoms with Gasteiger partial charge in [0.05, 0.1) is 0 Å². The van der Waals surface area contributed by atoms with Crippen LogP contribution in [-0.2, 0) is 14.7 Å². The second-order valence-electron chi connectivity index (χ2n) is 6.55. The number of nitrogens with zero attached hydrogens (tertiary/aromatic N) is 1. The molecule has 0 radical (unpaired) electrons. The number of likely N-dealkylation sites (tertiary alicyclic amines) is 1. The first-order valence-corrected chi connectivity index (χ1v) is 7.18. The molecule has 0 aromatic rings. The molecule has 1 fully saturated rings. The quantitative estimate of drug-likeness (QED) is 0.434. The molecule has 1 saturated heterocycles. The van der Waals surface area contributed by atoms with E-state index in [1.165, 1.54) is 0 Å². The third kappa shape index (κ3) is 2.65. The summed E-state index contributed by atoms with van der Waals surface area (Å²) in [4.78, 5) is 0. The van der Waals surface area contributed by atoms with Gasteiger partial charge in [0.15, 0.2) is 0 Å². The highest BCUT2D eigenvalue weighted by atomic mass is 32.3. The van der Waals surface area contributed by atoms with Gasteiger partial charge < -0.3 is 4.55 Å². The first-order chi connectivity index (χ1) is 7.31. The predicted molar refractivity (Wildman–Crippen MR) is 63.5 cm³/mol. The van der Waals surface area contributed by atoms with Gasteiger partial charge in [-0.3, -0.25) is 0 Å². The third-order valence-electron chi connectivity index (χ3n) is 4.25. The second-order valence-corrected chi connectivity index (χ2v) is 7.51. The van der Waals surface area contributed by atoms with E-state index >= 15 is 0 Å². The van der Waals surface area contributed by atoms with Crippen LogP contribution in [0.25, 0.3) is 0 Å². The fourth-order valence-electron chi connectivity index (χ4n) is 3.33. The maximum Gasteiger partial charge on any atom is 0.268 e. The number of quaternary nitrogens is 1. The van der Waals surface area contributed by atoms with Crippen LogP contribution >= 0.6 is 0 Å². The molecular weight excluding hydrogens is 242 g/mol. The number of hydroxylamine groups is 3. The van der Waals surface area contributed by atoms with Crippen molar-refractivity contribution in [1.29, 1.82) is 0 Å². The summed E-state index contributed by atoms with van der Waals surface area (Å²) >= 11 is 0. The molecule has 0 N–H and O–H groups in total. The van der Waals surface area contributed by atoms with Gasteiger partial charge in [-0.05, 0) is 33.6 Å². The monoisotopic (exact) mass is 265 g/mol. The number of piperidine rings is 1. The van der Waals surface area contributed by atoms with E-state index in [1.807, 2.05) is 27.7 Å². The topological polar surface area (TPSA) is 66.4 Å². The Morgan fingerprint density at radius 3 is 1.82 bits per heavy atom. The standard InChI is InChI=1S/C11H23NO4S/c1-9-7-10(2,3)12(6,11(4,5)8-9)16-17(13,14)15/h9H,7-8H2,1-6H3. The van der Waals surface area contributed by atoms with Crippen LogP contribution in [0.2, 0.25) is 0 Å². The van der Waals surface area contributed by atoms with Crippen LogP contribution in [-0.4, -0.2) is 35.7 Å². The zero-order valence-electron chi connectivity index (χ0n) is 11.5. The molecular formula is C11H23NO4S. The summed E-state index contributed by atoms with van der Waals surface area (Å²) in [5, 5.41) is 0. The van der Waals surface area contributed by atoms with Crippen molar-refractivity contribution in [2.45, 2.75) is 58.5 Å². The van der Waals surface area contributed by atoms with Crippen LogP contribution in [0, 0.1) is 5.92 Å². The normalized spacial score (nSPS) is 36.8. The van der Waals surface area contributed by atoms with Crippen LogP contribution < -0.4 is 0 Å². The van der Waals surface area contributed by atoms with Crippen molar-refractivity contribution in [3.05, 3.63) is 0 Å². The van der Waals surface area contributed by atoms with E-state index in [4.69, 9.17) is 4.28 Å². The molecule has 0 saturated carbocycles. The summed E-state index contributed by atoms with van der Waals surface area (Å²) < 4.78 is 37.6. The number of hydrogen-bond acceptors (Lipinski definition) is 4. The van der Waals surface area contributed by atoms with E-state index in [0.717, 1.165) is 12.8 Å². The van der Waals surface area contributed by atoms with E-state index < -0.39 is 21.5 Å². The SMILES string of the molecule is CC1CC(C)(C)[N+](C)(OS(=O)(=O)[O-])C(C)(C)C1. The first kappa shape index (κ1) is 14.9. The van der Waals surface area contributed by atoms with Gasteiger partial charge in [-0.25, -0.2) is 8.42 Å². The molecule has 0 atom stereocenters. The molecule has 0 amide bonds. The van der Waals surface area contributed by atoms with Gasteiger partial charge in [-0.2, -0.15) is 4.65 Å². The lowest BCUT2D eigenvalue weighted by atomic mass is 9.74. The maximum absolute atomic E-state index is 11.0. The van der Waals surface area contributed by atoms with Gasteiger partial charge in [0.1, 0.15) is 18.1 Å². The summed E-state index contributed by atoms with van der Waals surface area (Å²) in [7, 11) is -3.04. The maximum atomic E-state index is 11.0. The lowest BCUT2D eigenvalue weighted by molar-refractivity contribution is -1.14. The van der Waals surface area contributed by atoms with Crippen molar-refractivity contribution < 1.29 is 21.9 Å². The summed E-state index contributed by atoms with van der Waals surface area (Å²) in [5.74, 6) is 0.476. The summed E-state index contributed by atoms with van der Waals surface area (Å²) in [6.45, 7) is 9.90. The zero-order valence-corrected chi connectivity index (χ0v) is 12.3. The van der Waals surface area contributed by atoms with Crippen molar-refractivity contribution >= 4 is 10.4 Å². The Kier molecular flexibility index (Phi) is 3.43. The molecule has 17 heavy (non-hydrogen) atoms. The lowest BCUT2D eigenvalue weighted by Gasteiger charge is -2.57. The average Bonchev–Trinajstić information content (AvgIpc) is 1.94. The Balaban J connectivity index is 3.24. The highest BCUT2D eigenvalue weighted by Gasteiger charge is 2.59. The molecule has 6 heteroatoms. The van der Waals surface area contributed by atoms with Crippen LogP contribution in [0.15, 0.2) is 0 Å². The van der Waals surface area contributed by atoms with Crippen molar-refractivity contribution in [2.75, 3.05) is 7.05 Å². The molecule has 1 rings (SSSR count). The first-order valence-electron chi connectivity index (χ1n) is 5.84. The van der Waals surface area contributed by atoms with Crippen molar-refractivity contribution in [3.8, 4) is 0 Å². The molecule has 0 aromatic heterocycles. The van der Waals surface area contributed by atoms with Crippen LogP contribution in [0.4, 0.5) is 0 Å². The van der Waals surface area contributed by atoms with E-state index in [-0.39, 0.29) is 4.65 Å². The van der Waals surface area contributed by atoms with Crippen molar-refractivity contribution in [1.82, 2.24) is 0 Å². The Hall–Kier alpha value is -0.170. The van der Waals surface area contributed by atoms with Gasteiger partial charge in [0, 0.05) is 12.8 Å². The largest absolute Gasteiger partial charge is 0.722 e. The Morgan fingerprint density at radius 1 is 1.18 bits per heavy atom. The van der Waals surface area contributed by atoms with E-state index in [2.05, 4.69) is 6.92 Å². The molecule has 1 aliphatic rings. The Morgan fingerprint density at radius 2 is 1.53 bits per heavy atom. The highest BCUT2D eigenvalue weighted by Crippen LogP contribution is 2.47. The van der Waals surface area contributed by atoms with Gasteiger partial charge in [-0.1, -0.05) is 11.2 Å². The molecule has 0 aliphatic carbocycles. The van der Waals surface area contributed by atoms with Gasteiger partial charge in [0.25, 0.3) is 10.4 Å².